The number of methoxy groups -OCH3 is 3. The maximum atomic E-state index is 13.5. The number of amides is 1. The topological polar surface area (TPSA) is 72.6 Å². The van der Waals surface area contributed by atoms with E-state index in [0.29, 0.717) is 39.4 Å². The number of rotatable bonds is 6. The molecule has 0 atom stereocenters. The van der Waals surface area contributed by atoms with Gasteiger partial charge in [-0.15, -0.1) is 0 Å². The predicted octanol–water partition coefficient (Wildman–Crippen LogP) is 3.57. The van der Waals surface area contributed by atoms with Crippen molar-refractivity contribution >= 4 is 16.8 Å². The first-order valence-electron chi connectivity index (χ1n) is 8.34. The number of aromatic amines is 1. The van der Waals surface area contributed by atoms with Crippen molar-refractivity contribution in [3.63, 3.8) is 0 Å². The minimum Gasteiger partial charge on any atom is -0.493 e. The van der Waals surface area contributed by atoms with E-state index in [-0.39, 0.29) is 18.3 Å². The maximum Gasteiger partial charge on any atom is 0.268 e. The van der Waals surface area contributed by atoms with Gasteiger partial charge in [-0.1, -0.05) is 0 Å². The number of aromatic nitrogens is 1. The molecule has 0 aliphatic heterocycles. The molecule has 1 heterocycles. The fraction of sp³-hybridized carbons (Fsp3) is 0.250. The van der Waals surface area contributed by atoms with Crippen LogP contribution in [-0.2, 0) is 6.54 Å². The van der Waals surface area contributed by atoms with Gasteiger partial charge in [-0.2, -0.15) is 0 Å². The van der Waals surface area contributed by atoms with Gasteiger partial charge in [-0.05, 0) is 42.8 Å². The van der Waals surface area contributed by atoms with E-state index in [4.69, 9.17) is 14.2 Å². The molecule has 6 nitrogen and oxygen atoms in total. The molecule has 7 heteroatoms. The number of fused-ring (bicyclic) bond motifs is 1. The normalized spacial score (nSPS) is 10.7. The molecular weight excluding hydrogens is 351 g/mol. The minimum absolute atomic E-state index is 0.228. The van der Waals surface area contributed by atoms with Gasteiger partial charge in [0.15, 0.2) is 11.5 Å². The molecule has 0 bridgehead atoms. The van der Waals surface area contributed by atoms with E-state index in [1.807, 2.05) is 0 Å². The van der Waals surface area contributed by atoms with Gasteiger partial charge in [0.1, 0.15) is 11.5 Å². The summed E-state index contributed by atoms with van der Waals surface area (Å²) in [5.74, 6) is 0.863. The number of hydrogen-bond donors (Lipinski definition) is 2. The number of carbonyl (C=O) groups excluding carboxylic acids is 1. The standard InChI is InChI=1S/C20H21FN2O4/c1-11-14-9-13(21)6-7-15(14)23-17(11)20(24)22-10-12-5-8-16(25-2)19(27-4)18(12)26-3/h5-9,23H,10H2,1-4H3,(H,22,24). The Kier molecular flexibility index (Phi) is 5.21. The molecule has 0 spiro atoms. The number of carbonyl (C=O) groups is 1. The third kappa shape index (κ3) is 3.40. The first-order valence-corrected chi connectivity index (χ1v) is 8.34. The molecule has 27 heavy (non-hydrogen) atoms. The quantitative estimate of drug-likeness (QED) is 0.694. The van der Waals surface area contributed by atoms with E-state index in [1.165, 1.54) is 26.4 Å². The zero-order valence-electron chi connectivity index (χ0n) is 15.6. The molecular formula is C20H21FN2O4. The number of aryl methyl sites for hydroxylation is 1. The van der Waals surface area contributed by atoms with Crippen LogP contribution in [0, 0.1) is 12.7 Å². The van der Waals surface area contributed by atoms with E-state index in [1.54, 1.807) is 32.2 Å². The second kappa shape index (κ2) is 7.57. The van der Waals surface area contributed by atoms with Crippen molar-refractivity contribution in [2.45, 2.75) is 13.5 Å². The number of ether oxygens (including phenoxy) is 3. The fourth-order valence-corrected chi connectivity index (χ4v) is 3.09. The summed E-state index contributed by atoms with van der Waals surface area (Å²) in [4.78, 5) is 15.7. The molecule has 2 aromatic carbocycles. The van der Waals surface area contributed by atoms with E-state index in [9.17, 15) is 9.18 Å². The summed E-state index contributed by atoms with van der Waals surface area (Å²) < 4.78 is 29.5. The number of halogens is 1. The zero-order valence-corrected chi connectivity index (χ0v) is 15.6. The van der Waals surface area contributed by atoms with Gasteiger partial charge < -0.3 is 24.5 Å². The van der Waals surface area contributed by atoms with Gasteiger partial charge >= 0.3 is 0 Å². The average Bonchev–Trinajstić information content (AvgIpc) is 3.01. The predicted molar refractivity (Wildman–Crippen MR) is 100 cm³/mol. The average molecular weight is 372 g/mol. The van der Waals surface area contributed by atoms with Gasteiger partial charge in [-0.3, -0.25) is 4.79 Å². The highest BCUT2D eigenvalue weighted by Gasteiger charge is 2.18. The second-order valence-electron chi connectivity index (χ2n) is 5.99. The summed E-state index contributed by atoms with van der Waals surface area (Å²) >= 11 is 0. The Labute approximate surface area is 156 Å². The molecule has 3 rings (SSSR count). The maximum absolute atomic E-state index is 13.5. The Bertz CT molecular complexity index is 997. The Morgan fingerprint density at radius 3 is 2.48 bits per heavy atom. The largest absolute Gasteiger partial charge is 0.493 e. The van der Waals surface area contributed by atoms with Crippen LogP contribution in [0.2, 0.25) is 0 Å². The molecule has 3 aromatic rings. The SMILES string of the molecule is COc1ccc(CNC(=O)c2[nH]c3ccc(F)cc3c2C)c(OC)c1OC. The second-order valence-corrected chi connectivity index (χ2v) is 5.99. The minimum atomic E-state index is -0.341. The molecule has 1 amide bonds. The van der Waals surface area contributed by atoms with Crippen molar-refractivity contribution in [2.75, 3.05) is 21.3 Å². The molecule has 1 aromatic heterocycles. The lowest BCUT2D eigenvalue weighted by molar-refractivity contribution is 0.0946. The van der Waals surface area contributed by atoms with Crippen LogP contribution in [-0.4, -0.2) is 32.2 Å². The van der Waals surface area contributed by atoms with Gasteiger partial charge in [0.05, 0.1) is 21.3 Å². The Morgan fingerprint density at radius 1 is 1.07 bits per heavy atom. The van der Waals surface area contributed by atoms with Crippen molar-refractivity contribution in [3.05, 3.63) is 53.0 Å². The monoisotopic (exact) mass is 372 g/mol. The molecule has 2 N–H and O–H groups in total. The van der Waals surface area contributed by atoms with E-state index >= 15 is 0 Å². The summed E-state index contributed by atoms with van der Waals surface area (Å²) in [5, 5.41) is 3.54. The molecule has 0 radical (unpaired) electrons. The van der Waals surface area contributed by atoms with Crippen molar-refractivity contribution in [3.8, 4) is 17.2 Å². The molecule has 0 saturated carbocycles. The van der Waals surface area contributed by atoms with Crippen molar-refractivity contribution < 1.29 is 23.4 Å². The van der Waals surface area contributed by atoms with E-state index < -0.39 is 0 Å². The van der Waals surface area contributed by atoms with Gasteiger partial charge in [0, 0.05) is 23.0 Å². The lowest BCUT2D eigenvalue weighted by Gasteiger charge is -2.16. The van der Waals surface area contributed by atoms with E-state index in [2.05, 4.69) is 10.3 Å². The van der Waals surface area contributed by atoms with Crippen molar-refractivity contribution in [1.82, 2.24) is 10.3 Å². The fourth-order valence-electron chi connectivity index (χ4n) is 3.09. The van der Waals surface area contributed by atoms with Crippen molar-refractivity contribution in [2.24, 2.45) is 0 Å². The van der Waals surface area contributed by atoms with Gasteiger partial charge in [-0.25, -0.2) is 4.39 Å². The van der Waals surface area contributed by atoms with Crippen LogP contribution in [0.1, 0.15) is 21.6 Å². The van der Waals surface area contributed by atoms with Crippen LogP contribution in [0.5, 0.6) is 17.2 Å². The smallest absolute Gasteiger partial charge is 0.268 e. The van der Waals surface area contributed by atoms with Crippen LogP contribution in [0.3, 0.4) is 0 Å². The van der Waals surface area contributed by atoms with E-state index in [0.717, 1.165) is 5.56 Å². The van der Waals surface area contributed by atoms with Crippen LogP contribution in [0.4, 0.5) is 4.39 Å². The lowest BCUT2D eigenvalue weighted by atomic mass is 10.1. The van der Waals surface area contributed by atoms with Crippen LogP contribution in [0.25, 0.3) is 10.9 Å². The zero-order chi connectivity index (χ0) is 19.6. The highest BCUT2D eigenvalue weighted by molar-refractivity contribution is 6.00. The highest BCUT2D eigenvalue weighted by atomic mass is 19.1. The summed E-state index contributed by atoms with van der Waals surface area (Å²) in [6, 6.07) is 7.93. The molecule has 0 unspecified atom stereocenters. The van der Waals surface area contributed by atoms with Gasteiger partial charge in [0.25, 0.3) is 5.91 Å². The molecule has 142 valence electrons. The Hall–Kier alpha value is -3.22. The Morgan fingerprint density at radius 2 is 1.81 bits per heavy atom. The summed E-state index contributed by atoms with van der Waals surface area (Å²) in [6.45, 7) is 2.01. The highest BCUT2D eigenvalue weighted by Crippen LogP contribution is 2.39. The first-order chi connectivity index (χ1) is 13.0. The number of nitrogens with one attached hydrogen (secondary N) is 2. The molecule has 0 aliphatic rings. The Balaban J connectivity index is 1.85. The number of hydrogen-bond acceptors (Lipinski definition) is 4. The van der Waals surface area contributed by atoms with Crippen LogP contribution < -0.4 is 19.5 Å². The summed E-state index contributed by atoms with van der Waals surface area (Å²) in [7, 11) is 4.59. The lowest BCUT2D eigenvalue weighted by Crippen LogP contribution is -2.24. The van der Waals surface area contributed by atoms with Crippen LogP contribution in [0.15, 0.2) is 30.3 Å². The van der Waals surface area contributed by atoms with Crippen LogP contribution >= 0.6 is 0 Å². The third-order valence-corrected chi connectivity index (χ3v) is 4.47. The molecule has 0 aliphatic carbocycles. The summed E-state index contributed by atoms with van der Waals surface area (Å²) in [5.41, 5.74) is 2.54. The number of benzene rings is 2. The third-order valence-electron chi connectivity index (χ3n) is 4.47. The number of H-pyrrole nitrogens is 1. The first kappa shape index (κ1) is 18.6. The van der Waals surface area contributed by atoms with Gasteiger partial charge in [0.2, 0.25) is 5.75 Å². The summed E-state index contributed by atoms with van der Waals surface area (Å²) in [6.07, 6.45) is 0. The van der Waals surface area contributed by atoms with Crippen molar-refractivity contribution in [1.29, 1.82) is 0 Å². The molecule has 0 saturated heterocycles. The molecule has 0 fully saturated rings.